The third-order valence-electron chi connectivity index (χ3n) is 2.81. The summed E-state index contributed by atoms with van der Waals surface area (Å²) in [5.41, 5.74) is 2.36. The van der Waals surface area contributed by atoms with Gasteiger partial charge in [-0.05, 0) is 32.4 Å². The van der Waals surface area contributed by atoms with Crippen molar-refractivity contribution < 1.29 is 4.74 Å². The smallest absolute Gasteiger partial charge is 0.195 e. The lowest BCUT2D eigenvalue weighted by atomic mass is 10.2. The van der Waals surface area contributed by atoms with Crippen molar-refractivity contribution in [1.82, 2.24) is 14.8 Å². The number of thioether (sulfide) groups is 1. The van der Waals surface area contributed by atoms with E-state index in [1.807, 2.05) is 26.0 Å². The molecule has 0 saturated heterocycles. The number of rotatable bonds is 6. The van der Waals surface area contributed by atoms with Crippen molar-refractivity contribution >= 4 is 11.8 Å². The van der Waals surface area contributed by atoms with Crippen molar-refractivity contribution in [1.29, 1.82) is 0 Å². The maximum atomic E-state index is 5.35. The van der Waals surface area contributed by atoms with Crippen molar-refractivity contribution in [3.63, 3.8) is 0 Å². The molecule has 5 heteroatoms. The van der Waals surface area contributed by atoms with Gasteiger partial charge in [-0.2, -0.15) is 0 Å². The van der Waals surface area contributed by atoms with Crippen molar-refractivity contribution in [2.75, 3.05) is 19.0 Å². The Balaban J connectivity index is 2.21. The third-order valence-corrected chi connectivity index (χ3v) is 3.71. The average molecular weight is 277 g/mol. The first-order valence-electron chi connectivity index (χ1n) is 6.42. The zero-order valence-electron chi connectivity index (χ0n) is 11.6. The second kappa shape index (κ2) is 6.73. The summed E-state index contributed by atoms with van der Waals surface area (Å²) in [4.78, 5) is 0. The maximum absolute atomic E-state index is 5.35. The van der Waals surface area contributed by atoms with Crippen molar-refractivity contribution in [2.45, 2.75) is 25.9 Å². The summed E-state index contributed by atoms with van der Waals surface area (Å²) in [5.74, 6) is 1.80. The number of aryl methyl sites for hydroxylation is 2. The Hall–Kier alpha value is -1.33. The van der Waals surface area contributed by atoms with Crippen LogP contribution in [0.5, 0.6) is 0 Å². The minimum Gasteiger partial charge on any atom is -0.381 e. The normalized spacial score (nSPS) is 10.9. The molecule has 0 aliphatic rings. The van der Waals surface area contributed by atoms with E-state index in [4.69, 9.17) is 4.74 Å². The Kier molecular flexibility index (Phi) is 4.99. The highest BCUT2D eigenvalue weighted by Crippen LogP contribution is 2.23. The molecule has 1 heterocycles. The van der Waals surface area contributed by atoms with Crippen molar-refractivity contribution in [3.05, 3.63) is 35.7 Å². The van der Waals surface area contributed by atoms with E-state index in [2.05, 4.69) is 33.8 Å². The predicted octanol–water partition coefficient (Wildman–Crippen LogP) is 3.01. The number of aromatic nitrogens is 3. The zero-order chi connectivity index (χ0) is 13.7. The first-order chi connectivity index (χ1) is 9.24. The topological polar surface area (TPSA) is 39.9 Å². The van der Waals surface area contributed by atoms with Gasteiger partial charge in [0.1, 0.15) is 5.82 Å². The van der Waals surface area contributed by atoms with Crippen LogP contribution in [-0.2, 0) is 4.74 Å². The highest BCUT2D eigenvalue weighted by molar-refractivity contribution is 7.99. The van der Waals surface area contributed by atoms with Crippen LogP contribution >= 0.6 is 11.8 Å². The number of ether oxygens (including phenoxy) is 1. The predicted molar refractivity (Wildman–Crippen MR) is 78.1 cm³/mol. The summed E-state index contributed by atoms with van der Waals surface area (Å²) in [7, 11) is 0. The molecule has 0 bridgehead atoms. The van der Waals surface area contributed by atoms with Gasteiger partial charge < -0.3 is 4.74 Å². The van der Waals surface area contributed by atoms with E-state index in [9.17, 15) is 0 Å². The van der Waals surface area contributed by atoms with Crippen LogP contribution in [-0.4, -0.2) is 33.7 Å². The summed E-state index contributed by atoms with van der Waals surface area (Å²) >= 11 is 1.68. The first-order valence-corrected chi connectivity index (χ1v) is 7.41. The molecule has 102 valence electrons. The van der Waals surface area contributed by atoms with E-state index >= 15 is 0 Å². The number of para-hydroxylation sites is 1. The van der Waals surface area contributed by atoms with Crippen LogP contribution in [0.4, 0.5) is 0 Å². The summed E-state index contributed by atoms with van der Waals surface area (Å²) in [5, 5.41) is 9.36. The number of hydrogen-bond donors (Lipinski definition) is 0. The van der Waals surface area contributed by atoms with Crippen LogP contribution in [0.15, 0.2) is 29.4 Å². The fraction of sp³-hybridized carbons (Fsp3) is 0.429. The largest absolute Gasteiger partial charge is 0.381 e. The van der Waals surface area contributed by atoms with E-state index in [1.165, 1.54) is 5.56 Å². The van der Waals surface area contributed by atoms with Gasteiger partial charge in [0.05, 0.1) is 12.3 Å². The highest BCUT2D eigenvalue weighted by Gasteiger charge is 2.12. The Bertz CT molecular complexity index is 539. The zero-order valence-corrected chi connectivity index (χ0v) is 12.4. The molecule has 0 radical (unpaired) electrons. The van der Waals surface area contributed by atoms with Crippen LogP contribution in [0.1, 0.15) is 18.3 Å². The molecule has 0 fully saturated rings. The molecule has 0 atom stereocenters. The van der Waals surface area contributed by atoms with Crippen LogP contribution < -0.4 is 0 Å². The van der Waals surface area contributed by atoms with Crippen LogP contribution in [0.3, 0.4) is 0 Å². The lowest BCUT2D eigenvalue weighted by Gasteiger charge is -2.10. The van der Waals surface area contributed by atoms with Gasteiger partial charge in [-0.1, -0.05) is 30.0 Å². The summed E-state index contributed by atoms with van der Waals surface area (Å²) < 4.78 is 7.46. The molecule has 19 heavy (non-hydrogen) atoms. The second-order valence-electron chi connectivity index (χ2n) is 4.20. The Morgan fingerprint density at radius 3 is 2.74 bits per heavy atom. The second-order valence-corrected chi connectivity index (χ2v) is 5.26. The molecule has 4 nitrogen and oxygen atoms in total. The third kappa shape index (κ3) is 3.36. The molecule has 2 rings (SSSR count). The lowest BCUT2D eigenvalue weighted by Crippen LogP contribution is -2.03. The minimum atomic E-state index is 0.737. The Labute approximate surface area is 118 Å². The SMILES string of the molecule is CCOCCSc1nnc(C)n1-c1ccccc1C. The number of hydrogen-bond acceptors (Lipinski definition) is 4. The maximum Gasteiger partial charge on any atom is 0.195 e. The molecule has 0 unspecified atom stereocenters. The summed E-state index contributed by atoms with van der Waals surface area (Å²) in [6, 6.07) is 8.28. The summed E-state index contributed by atoms with van der Waals surface area (Å²) in [6.07, 6.45) is 0. The van der Waals surface area contributed by atoms with Gasteiger partial charge in [-0.3, -0.25) is 4.57 Å². The molecule has 0 saturated carbocycles. The van der Waals surface area contributed by atoms with E-state index in [1.54, 1.807) is 11.8 Å². The molecule has 1 aromatic carbocycles. The molecule has 0 aliphatic carbocycles. The van der Waals surface area contributed by atoms with Gasteiger partial charge in [0, 0.05) is 12.4 Å². The van der Waals surface area contributed by atoms with Gasteiger partial charge in [-0.15, -0.1) is 10.2 Å². The fourth-order valence-electron chi connectivity index (χ4n) is 1.86. The Morgan fingerprint density at radius 2 is 2.00 bits per heavy atom. The summed E-state index contributed by atoms with van der Waals surface area (Å²) in [6.45, 7) is 7.57. The van der Waals surface area contributed by atoms with Crippen LogP contribution in [0.2, 0.25) is 0 Å². The molecule has 2 aromatic rings. The molecule has 0 aliphatic heterocycles. The average Bonchev–Trinajstić information content (AvgIpc) is 2.77. The lowest BCUT2D eigenvalue weighted by molar-refractivity contribution is 0.164. The van der Waals surface area contributed by atoms with E-state index < -0.39 is 0 Å². The highest BCUT2D eigenvalue weighted by atomic mass is 32.2. The molecule has 0 amide bonds. The number of benzene rings is 1. The number of nitrogens with zero attached hydrogens (tertiary/aromatic N) is 3. The van der Waals surface area contributed by atoms with Gasteiger partial charge in [0.25, 0.3) is 0 Å². The quantitative estimate of drug-likeness (QED) is 0.601. The first kappa shape index (κ1) is 14.1. The minimum absolute atomic E-state index is 0.737. The van der Waals surface area contributed by atoms with Gasteiger partial charge in [-0.25, -0.2) is 0 Å². The molecule has 0 N–H and O–H groups in total. The monoisotopic (exact) mass is 277 g/mol. The van der Waals surface area contributed by atoms with Crippen LogP contribution in [0, 0.1) is 13.8 Å². The standard InChI is InChI=1S/C14H19N3OS/c1-4-18-9-10-19-14-16-15-12(3)17(14)13-8-6-5-7-11(13)2/h5-8H,4,9-10H2,1-3H3. The van der Waals surface area contributed by atoms with E-state index in [0.29, 0.717) is 0 Å². The van der Waals surface area contributed by atoms with Crippen molar-refractivity contribution in [2.24, 2.45) is 0 Å². The van der Waals surface area contributed by atoms with Crippen molar-refractivity contribution in [3.8, 4) is 5.69 Å². The fourth-order valence-corrected chi connectivity index (χ4v) is 2.71. The van der Waals surface area contributed by atoms with Gasteiger partial charge >= 0.3 is 0 Å². The molecule has 0 spiro atoms. The molecule has 1 aromatic heterocycles. The van der Waals surface area contributed by atoms with Gasteiger partial charge in [0.2, 0.25) is 0 Å². The Morgan fingerprint density at radius 1 is 1.21 bits per heavy atom. The van der Waals surface area contributed by atoms with Crippen LogP contribution in [0.25, 0.3) is 5.69 Å². The van der Waals surface area contributed by atoms with E-state index in [-0.39, 0.29) is 0 Å². The van der Waals surface area contributed by atoms with Gasteiger partial charge in [0.15, 0.2) is 5.16 Å². The van der Waals surface area contributed by atoms with E-state index in [0.717, 1.165) is 35.6 Å². The molecular formula is C14H19N3OS. The molecular weight excluding hydrogens is 258 g/mol.